The Labute approximate surface area is 95.0 Å². The predicted molar refractivity (Wildman–Crippen MR) is 63.3 cm³/mol. The van der Waals surface area contributed by atoms with Crippen LogP contribution in [0.5, 0.6) is 0 Å². The maximum absolute atomic E-state index is 11.7. The number of hydrogen-bond donors (Lipinski definition) is 2. The zero-order chi connectivity index (χ0) is 12.3. The Bertz CT molecular complexity index is 422. The van der Waals surface area contributed by atoms with Crippen molar-refractivity contribution in [3.63, 3.8) is 0 Å². The molecule has 5 nitrogen and oxygen atoms in total. The normalized spacial score (nSPS) is 14.8. The molecule has 0 aliphatic heterocycles. The zero-order valence-electron chi connectivity index (χ0n) is 10.3. The summed E-state index contributed by atoms with van der Waals surface area (Å²) in [6, 6.07) is 0. The van der Waals surface area contributed by atoms with Crippen molar-refractivity contribution in [1.29, 1.82) is 0 Å². The highest BCUT2D eigenvalue weighted by Gasteiger charge is 2.27. The topological polar surface area (TPSA) is 81.0 Å². The number of nitrogen functional groups attached to an aromatic ring is 1. The number of ether oxygens (including phenoxy) is 1. The van der Waals surface area contributed by atoms with Crippen molar-refractivity contribution in [3.8, 4) is 0 Å². The Morgan fingerprint density at radius 2 is 2.12 bits per heavy atom. The van der Waals surface area contributed by atoms with Gasteiger partial charge in [0.2, 0.25) is 0 Å². The van der Waals surface area contributed by atoms with Crippen LogP contribution >= 0.6 is 0 Å². The molecule has 0 aliphatic carbocycles. The minimum absolute atomic E-state index is 0.179. The third-order valence-electron chi connectivity index (χ3n) is 3.03. The third-order valence-corrected chi connectivity index (χ3v) is 3.03. The maximum Gasteiger partial charge on any atom is 0.256 e. The van der Waals surface area contributed by atoms with Gasteiger partial charge in [-0.3, -0.25) is 4.79 Å². The van der Waals surface area contributed by atoms with Gasteiger partial charge < -0.3 is 15.5 Å². The molecule has 90 valence electrons. The molecular formula is C11H19N3O2. The van der Waals surface area contributed by atoms with Gasteiger partial charge >= 0.3 is 0 Å². The van der Waals surface area contributed by atoms with E-state index >= 15 is 0 Å². The first-order valence-corrected chi connectivity index (χ1v) is 5.42. The van der Waals surface area contributed by atoms with E-state index in [4.69, 9.17) is 10.5 Å². The fourth-order valence-corrected chi connectivity index (χ4v) is 1.52. The van der Waals surface area contributed by atoms with E-state index in [1.807, 2.05) is 20.8 Å². The standard InChI is InChI=1S/C11H19N3O2/c1-5-7-8(12)13-10(14-9(7)15)11(3,6-2)16-4/h5-6H2,1-4H3,(H3,12,13,14,15). The number of nitrogens with zero attached hydrogens (tertiary/aromatic N) is 1. The van der Waals surface area contributed by atoms with Crippen molar-refractivity contribution >= 4 is 5.82 Å². The van der Waals surface area contributed by atoms with Crippen molar-refractivity contribution < 1.29 is 4.74 Å². The van der Waals surface area contributed by atoms with Gasteiger partial charge in [0.25, 0.3) is 5.56 Å². The van der Waals surface area contributed by atoms with Crippen LogP contribution in [0.25, 0.3) is 0 Å². The Morgan fingerprint density at radius 1 is 1.50 bits per heavy atom. The minimum Gasteiger partial charge on any atom is -0.383 e. The quantitative estimate of drug-likeness (QED) is 0.806. The molecule has 0 fully saturated rings. The summed E-state index contributed by atoms with van der Waals surface area (Å²) < 4.78 is 5.37. The van der Waals surface area contributed by atoms with Crippen molar-refractivity contribution in [1.82, 2.24) is 9.97 Å². The SMILES string of the molecule is CCc1c(N)nc(C(C)(CC)OC)[nH]c1=O. The van der Waals surface area contributed by atoms with Crippen LogP contribution in [0.1, 0.15) is 38.6 Å². The van der Waals surface area contributed by atoms with E-state index in [9.17, 15) is 4.79 Å². The lowest BCUT2D eigenvalue weighted by molar-refractivity contribution is -0.00908. The summed E-state index contributed by atoms with van der Waals surface area (Å²) in [6.07, 6.45) is 1.28. The average molecular weight is 225 g/mol. The first-order valence-electron chi connectivity index (χ1n) is 5.42. The molecule has 1 aromatic rings. The second-order valence-corrected chi connectivity index (χ2v) is 3.92. The number of rotatable bonds is 4. The molecule has 1 unspecified atom stereocenters. The second-order valence-electron chi connectivity index (χ2n) is 3.92. The molecule has 1 rings (SSSR count). The maximum atomic E-state index is 11.7. The minimum atomic E-state index is -0.598. The van der Waals surface area contributed by atoms with E-state index in [1.165, 1.54) is 0 Å². The fraction of sp³-hybridized carbons (Fsp3) is 0.636. The van der Waals surface area contributed by atoms with E-state index in [-0.39, 0.29) is 11.4 Å². The highest BCUT2D eigenvalue weighted by molar-refractivity contribution is 5.38. The van der Waals surface area contributed by atoms with Gasteiger partial charge in [0.05, 0.1) is 5.56 Å². The monoisotopic (exact) mass is 225 g/mol. The summed E-state index contributed by atoms with van der Waals surface area (Å²) in [5.41, 5.74) is 5.50. The molecule has 1 atom stereocenters. The van der Waals surface area contributed by atoms with E-state index in [0.717, 1.165) is 0 Å². The van der Waals surface area contributed by atoms with Crippen LogP contribution in [0.2, 0.25) is 0 Å². The molecule has 16 heavy (non-hydrogen) atoms. The molecule has 0 bridgehead atoms. The molecule has 0 aliphatic rings. The van der Waals surface area contributed by atoms with Gasteiger partial charge in [0, 0.05) is 7.11 Å². The summed E-state index contributed by atoms with van der Waals surface area (Å²) >= 11 is 0. The van der Waals surface area contributed by atoms with Gasteiger partial charge in [-0.25, -0.2) is 4.98 Å². The number of methoxy groups -OCH3 is 1. The molecule has 1 aromatic heterocycles. The Balaban J connectivity index is 3.33. The number of aromatic nitrogens is 2. The molecule has 0 aromatic carbocycles. The molecule has 0 saturated heterocycles. The van der Waals surface area contributed by atoms with E-state index in [0.29, 0.717) is 24.2 Å². The largest absolute Gasteiger partial charge is 0.383 e. The smallest absolute Gasteiger partial charge is 0.256 e. The molecule has 0 spiro atoms. The zero-order valence-corrected chi connectivity index (χ0v) is 10.3. The van der Waals surface area contributed by atoms with Gasteiger partial charge in [-0.15, -0.1) is 0 Å². The van der Waals surface area contributed by atoms with Crippen LogP contribution < -0.4 is 11.3 Å². The van der Waals surface area contributed by atoms with Crippen LogP contribution in [-0.4, -0.2) is 17.1 Å². The van der Waals surface area contributed by atoms with Crippen molar-refractivity contribution in [2.24, 2.45) is 0 Å². The molecule has 0 amide bonds. The van der Waals surface area contributed by atoms with E-state index in [1.54, 1.807) is 7.11 Å². The second kappa shape index (κ2) is 4.65. The van der Waals surface area contributed by atoms with E-state index < -0.39 is 5.60 Å². The number of nitrogens with one attached hydrogen (secondary N) is 1. The lowest BCUT2D eigenvalue weighted by atomic mass is 10.0. The van der Waals surface area contributed by atoms with Crippen molar-refractivity contribution in [2.75, 3.05) is 12.8 Å². The summed E-state index contributed by atoms with van der Waals surface area (Å²) in [6.45, 7) is 5.71. The van der Waals surface area contributed by atoms with Crippen LogP contribution in [0, 0.1) is 0 Å². The van der Waals surface area contributed by atoms with E-state index in [2.05, 4.69) is 9.97 Å². The van der Waals surface area contributed by atoms with Gasteiger partial charge in [-0.05, 0) is 19.8 Å². The molecule has 5 heteroatoms. The Morgan fingerprint density at radius 3 is 2.50 bits per heavy atom. The number of aromatic amines is 1. The van der Waals surface area contributed by atoms with Gasteiger partial charge in [-0.2, -0.15) is 0 Å². The lowest BCUT2D eigenvalue weighted by Crippen LogP contribution is -2.31. The number of anilines is 1. The summed E-state index contributed by atoms with van der Waals surface area (Å²) in [5.74, 6) is 0.773. The first-order chi connectivity index (χ1) is 7.48. The number of H-pyrrole nitrogens is 1. The molecule has 3 N–H and O–H groups in total. The van der Waals surface area contributed by atoms with Gasteiger partial charge in [-0.1, -0.05) is 13.8 Å². The molecule has 0 saturated carbocycles. The van der Waals surface area contributed by atoms with Crippen molar-refractivity contribution in [2.45, 2.75) is 39.2 Å². The average Bonchev–Trinajstić information content (AvgIpc) is 2.27. The van der Waals surface area contributed by atoms with Gasteiger partial charge in [0.1, 0.15) is 17.2 Å². The summed E-state index contributed by atoms with van der Waals surface area (Å²) in [5, 5.41) is 0. The Hall–Kier alpha value is -1.36. The molecular weight excluding hydrogens is 206 g/mol. The highest BCUT2D eigenvalue weighted by Crippen LogP contribution is 2.24. The lowest BCUT2D eigenvalue weighted by Gasteiger charge is -2.25. The van der Waals surface area contributed by atoms with Crippen LogP contribution in [-0.2, 0) is 16.8 Å². The third kappa shape index (κ3) is 2.09. The number of hydrogen-bond acceptors (Lipinski definition) is 4. The van der Waals surface area contributed by atoms with Crippen LogP contribution in [0.15, 0.2) is 4.79 Å². The highest BCUT2D eigenvalue weighted by atomic mass is 16.5. The molecule has 1 heterocycles. The summed E-state index contributed by atoms with van der Waals surface area (Å²) in [4.78, 5) is 18.7. The van der Waals surface area contributed by atoms with Gasteiger partial charge in [0.15, 0.2) is 0 Å². The predicted octanol–water partition coefficient (Wildman–Crippen LogP) is 1.19. The van der Waals surface area contributed by atoms with Crippen LogP contribution in [0.3, 0.4) is 0 Å². The van der Waals surface area contributed by atoms with Crippen molar-refractivity contribution in [3.05, 3.63) is 21.7 Å². The fourth-order valence-electron chi connectivity index (χ4n) is 1.52. The summed E-state index contributed by atoms with van der Waals surface area (Å²) in [7, 11) is 1.59. The first kappa shape index (κ1) is 12.7. The van der Waals surface area contributed by atoms with Crippen LogP contribution in [0.4, 0.5) is 5.82 Å². The Kier molecular flexibility index (Phi) is 3.70. The number of nitrogens with two attached hydrogens (primary N) is 1. The molecule has 0 radical (unpaired) electrons.